The van der Waals surface area contributed by atoms with Crippen LogP contribution in [0.4, 0.5) is 5.69 Å². The highest BCUT2D eigenvalue weighted by Crippen LogP contribution is 2.34. The molecule has 2 fully saturated rings. The van der Waals surface area contributed by atoms with Gasteiger partial charge in [-0.1, -0.05) is 43.2 Å². The second-order valence-electron chi connectivity index (χ2n) is 6.37. The number of thioether (sulfide) groups is 1. The van der Waals surface area contributed by atoms with Gasteiger partial charge in [-0.3, -0.25) is 9.59 Å². The summed E-state index contributed by atoms with van der Waals surface area (Å²) in [6.45, 7) is 2.21. The molecule has 1 heterocycles. The van der Waals surface area contributed by atoms with Gasteiger partial charge in [-0.25, -0.2) is 0 Å². The number of anilines is 1. The van der Waals surface area contributed by atoms with E-state index in [1.54, 1.807) is 6.92 Å². The minimum atomic E-state index is 0.0901. The highest BCUT2D eigenvalue weighted by Gasteiger charge is 2.31. The molecule has 0 aromatic heterocycles. The van der Waals surface area contributed by atoms with Gasteiger partial charge < -0.3 is 4.90 Å². The first kappa shape index (κ1) is 15.6. The number of hydrogen-bond donors (Lipinski definition) is 0. The van der Waals surface area contributed by atoms with Crippen molar-refractivity contribution in [3.05, 3.63) is 29.8 Å². The molecule has 3 rings (SSSR count). The summed E-state index contributed by atoms with van der Waals surface area (Å²) < 4.78 is 0. The summed E-state index contributed by atoms with van der Waals surface area (Å²) in [4.78, 5) is 25.2. The first-order valence-electron chi connectivity index (χ1n) is 8.21. The summed E-state index contributed by atoms with van der Waals surface area (Å²) in [5.74, 6) is 0.822. The summed E-state index contributed by atoms with van der Waals surface area (Å²) >= 11 is 1.29. The normalized spacial score (nSPS) is 23.0. The fourth-order valence-electron chi connectivity index (χ4n) is 3.60. The van der Waals surface area contributed by atoms with Gasteiger partial charge in [0.25, 0.3) is 0 Å². The summed E-state index contributed by atoms with van der Waals surface area (Å²) in [7, 11) is 0. The molecule has 118 valence electrons. The van der Waals surface area contributed by atoms with Crippen LogP contribution in [-0.4, -0.2) is 22.8 Å². The van der Waals surface area contributed by atoms with Gasteiger partial charge in [0, 0.05) is 30.8 Å². The molecule has 0 radical (unpaired) electrons. The lowest BCUT2D eigenvalue weighted by molar-refractivity contribution is -0.117. The van der Waals surface area contributed by atoms with Crippen LogP contribution in [0.2, 0.25) is 0 Å². The molecule has 1 aliphatic carbocycles. The van der Waals surface area contributed by atoms with E-state index in [1.165, 1.54) is 49.4 Å². The molecule has 22 heavy (non-hydrogen) atoms. The van der Waals surface area contributed by atoms with E-state index in [0.717, 1.165) is 5.69 Å². The van der Waals surface area contributed by atoms with E-state index in [4.69, 9.17) is 0 Å². The fraction of sp³-hybridized carbons (Fsp3) is 0.556. The molecule has 1 atom stereocenters. The van der Waals surface area contributed by atoms with Crippen molar-refractivity contribution in [2.45, 2.75) is 56.6 Å². The van der Waals surface area contributed by atoms with Gasteiger partial charge in [0.15, 0.2) is 5.12 Å². The Morgan fingerprint density at radius 2 is 1.82 bits per heavy atom. The van der Waals surface area contributed by atoms with Crippen molar-refractivity contribution in [2.75, 3.05) is 11.4 Å². The van der Waals surface area contributed by atoms with Gasteiger partial charge in [0.05, 0.1) is 0 Å². The van der Waals surface area contributed by atoms with Crippen LogP contribution in [-0.2, 0) is 9.59 Å². The Morgan fingerprint density at radius 3 is 2.45 bits per heavy atom. The molecular weight excluding hydrogens is 294 g/mol. The highest BCUT2D eigenvalue weighted by molar-refractivity contribution is 8.14. The molecule has 0 bridgehead atoms. The predicted molar refractivity (Wildman–Crippen MR) is 91.3 cm³/mol. The summed E-state index contributed by atoms with van der Waals surface area (Å²) in [5, 5.41) is 0.190. The Kier molecular flexibility index (Phi) is 4.87. The molecule has 2 aliphatic rings. The third kappa shape index (κ3) is 3.54. The minimum absolute atomic E-state index is 0.0901. The Hall–Kier alpha value is -1.29. The van der Waals surface area contributed by atoms with Crippen molar-refractivity contribution in [3.8, 4) is 0 Å². The Labute approximate surface area is 136 Å². The number of benzene rings is 1. The average molecular weight is 317 g/mol. The molecular formula is C18H23NO2S. The largest absolute Gasteiger partial charge is 0.311 e. The van der Waals surface area contributed by atoms with Gasteiger partial charge in [-0.15, -0.1) is 0 Å². The molecule has 0 spiro atoms. The third-order valence-electron chi connectivity index (χ3n) is 4.70. The number of carbonyl (C=O) groups excluding carboxylic acids is 2. The predicted octanol–water partition coefficient (Wildman–Crippen LogP) is 4.12. The van der Waals surface area contributed by atoms with Gasteiger partial charge in [-0.05, 0) is 36.5 Å². The molecule has 3 nitrogen and oxygen atoms in total. The van der Waals surface area contributed by atoms with Crippen LogP contribution in [0.5, 0.6) is 0 Å². The molecule has 1 aromatic rings. The van der Waals surface area contributed by atoms with Crippen LogP contribution in [0.25, 0.3) is 0 Å². The van der Waals surface area contributed by atoms with Crippen LogP contribution < -0.4 is 4.90 Å². The van der Waals surface area contributed by atoms with Gasteiger partial charge in [-0.2, -0.15) is 0 Å². The molecule has 1 saturated carbocycles. The third-order valence-corrected chi connectivity index (χ3v) is 5.68. The highest BCUT2D eigenvalue weighted by atomic mass is 32.2. The van der Waals surface area contributed by atoms with E-state index >= 15 is 0 Å². The van der Waals surface area contributed by atoms with Crippen molar-refractivity contribution < 1.29 is 9.59 Å². The van der Waals surface area contributed by atoms with Crippen LogP contribution >= 0.6 is 11.8 Å². The standard InChI is InChI=1S/C18H23NO2S/c1-13(20)22-17-11-18(21)19(12-17)16-9-7-15(8-10-16)14-5-3-2-4-6-14/h7-10,14,17H,2-6,11-12H2,1H3. The SMILES string of the molecule is CC(=O)SC1CC(=O)N(c2ccc(C3CCCCC3)cc2)C1. The maximum atomic E-state index is 12.2. The number of nitrogens with zero attached hydrogens (tertiary/aromatic N) is 1. The molecule has 1 saturated heterocycles. The van der Waals surface area contributed by atoms with Gasteiger partial charge in [0.1, 0.15) is 0 Å². The monoisotopic (exact) mass is 317 g/mol. The second-order valence-corrected chi connectivity index (χ2v) is 7.84. The van der Waals surface area contributed by atoms with E-state index in [1.807, 2.05) is 4.90 Å². The van der Waals surface area contributed by atoms with Crippen LogP contribution in [0, 0.1) is 0 Å². The van der Waals surface area contributed by atoms with Crippen molar-refractivity contribution in [1.82, 2.24) is 0 Å². The smallest absolute Gasteiger partial charge is 0.228 e. The van der Waals surface area contributed by atoms with E-state index in [-0.39, 0.29) is 16.3 Å². The molecule has 4 heteroatoms. The topological polar surface area (TPSA) is 37.4 Å². The molecule has 1 aliphatic heterocycles. The van der Waals surface area contributed by atoms with Crippen molar-refractivity contribution in [2.24, 2.45) is 0 Å². The number of amides is 1. The summed E-state index contributed by atoms with van der Waals surface area (Å²) in [6, 6.07) is 8.51. The number of rotatable bonds is 3. The fourth-order valence-corrected chi connectivity index (χ4v) is 4.52. The zero-order valence-corrected chi connectivity index (χ0v) is 13.9. The summed E-state index contributed by atoms with van der Waals surface area (Å²) in [6.07, 6.45) is 7.08. The molecule has 1 unspecified atom stereocenters. The minimum Gasteiger partial charge on any atom is -0.311 e. The molecule has 1 amide bonds. The van der Waals surface area contributed by atoms with Crippen LogP contribution in [0.3, 0.4) is 0 Å². The maximum absolute atomic E-state index is 12.2. The Bertz CT molecular complexity index is 549. The van der Waals surface area contributed by atoms with Crippen molar-refractivity contribution in [1.29, 1.82) is 0 Å². The number of carbonyl (C=O) groups is 2. The Balaban J connectivity index is 1.67. The van der Waals surface area contributed by atoms with Crippen molar-refractivity contribution in [3.63, 3.8) is 0 Å². The molecule has 0 N–H and O–H groups in total. The zero-order valence-electron chi connectivity index (χ0n) is 13.1. The number of hydrogen-bond acceptors (Lipinski definition) is 3. The quantitative estimate of drug-likeness (QED) is 0.841. The van der Waals surface area contributed by atoms with E-state index in [9.17, 15) is 9.59 Å². The first-order valence-corrected chi connectivity index (χ1v) is 9.09. The lowest BCUT2D eigenvalue weighted by Crippen LogP contribution is -2.24. The van der Waals surface area contributed by atoms with Crippen LogP contribution in [0.1, 0.15) is 56.9 Å². The van der Waals surface area contributed by atoms with Crippen LogP contribution in [0.15, 0.2) is 24.3 Å². The Morgan fingerprint density at radius 1 is 1.14 bits per heavy atom. The van der Waals surface area contributed by atoms with Gasteiger partial charge >= 0.3 is 0 Å². The average Bonchev–Trinajstić information content (AvgIpc) is 2.88. The van der Waals surface area contributed by atoms with E-state index < -0.39 is 0 Å². The second kappa shape index (κ2) is 6.86. The molecule has 1 aromatic carbocycles. The van der Waals surface area contributed by atoms with E-state index in [0.29, 0.717) is 18.9 Å². The lowest BCUT2D eigenvalue weighted by atomic mass is 9.84. The lowest BCUT2D eigenvalue weighted by Gasteiger charge is -2.23. The van der Waals surface area contributed by atoms with Gasteiger partial charge in [0.2, 0.25) is 5.91 Å². The maximum Gasteiger partial charge on any atom is 0.228 e. The zero-order chi connectivity index (χ0) is 15.5. The first-order chi connectivity index (χ1) is 10.6. The summed E-state index contributed by atoms with van der Waals surface area (Å²) in [5.41, 5.74) is 2.38. The van der Waals surface area contributed by atoms with E-state index in [2.05, 4.69) is 24.3 Å². The van der Waals surface area contributed by atoms with Crippen molar-refractivity contribution >= 4 is 28.5 Å².